The van der Waals surface area contributed by atoms with E-state index in [2.05, 4.69) is 31.4 Å². The van der Waals surface area contributed by atoms with Crippen LogP contribution in [0.2, 0.25) is 5.02 Å². The van der Waals surface area contributed by atoms with Crippen LogP contribution >= 0.6 is 27.5 Å². The first-order valence-corrected chi connectivity index (χ1v) is 10.8. The maximum atomic E-state index is 12.6. The van der Waals surface area contributed by atoms with Crippen LogP contribution in [0.25, 0.3) is 0 Å². The molecule has 1 fully saturated rings. The van der Waals surface area contributed by atoms with Crippen molar-refractivity contribution in [3.63, 3.8) is 0 Å². The van der Waals surface area contributed by atoms with Crippen LogP contribution in [-0.2, 0) is 10.3 Å². The van der Waals surface area contributed by atoms with Gasteiger partial charge in [-0.2, -0.15) is 0 Å². The van der Waals surface area contributed by atoms with E-state index in [1.807, 2.05) is 45.0 Å². The third-order valence-corrected chi connectivity index (χ3v) is 5.46. The van der Waals surface area contributed by atoms with Gasteiger partial charge in [-0.15, -0.1) is 10.2 Å². The topological polar surface area (TPSA) is 73.3 Å². The Hall–Kier alpha value is -1.86. The highest BCUT2D eigenvalue weighted by atomic mass is 79.9. The number of carbonyl (C=O) groups excluding carboxylic acids is 1. The molecule has 0 radical (unpaired) electrons. The van der Waals surface area contributed by atoms with E-state index in [1.165, 1.54) is 0 Å². The second-order valence-corrected chi connectivity index (χ2v) is 9.48. The van der Waals surface area contributed by atoms with Crippen molar-refractivity contribution in [2.45, 2.75) is 63.7 Å². The van der Waals surface area contributed by atoms with Crippen molar-refractivity contribution in [1.29, 1.82) is 0 Å². The highest BCUT2D eigenvalue weighted by molar-refractivity contribution is 9.10. The summed E-state index contributed by atoms with van der Waals surface area (Å²) in [6.07, 6.45) is 2.46. The number of alkyl carbamates (subject to hydrolysis) is 1. The second-order valence-electron chi connectivity index (χ2n) is 8.23. The van der Waals surface area contributed by atoms with E-state index in [1.54, 1.807) is 12.1 Å². The standard InChI is InChI=1S/C21H25BrClN3O3/c1-20(2,3)29-19(27)24-21(14-5-4-6-15(23)13-14)11-9-16(10-12-21)28-18-8-7-17(22)25-26-18/h4-8,13,16H,9-12H2,1-3H3,(H,24,27). The Balaban J connectivity index is 1.75. The quantitative estimate of drug-likeness (QED) is 0.611. The molecule has 0 saturated heterocycles. The fraction of sp³-hybridized carbons (Fsp3) is 0.476. The molecule has 1 aromatic heterocycles. The summed E-state index contributed by atoms with van der Waals surface area (Å²) < 4.78 is 12.2. The molecule has 0 atom stereocenters. The zero-order chi connectivity index (χ0) is 21.1. The van der Waals surface area contributed by atoms with Gasteiger partial charge in [0, 0.05) is 11.1 Å². The van der Waals surface area contributed by atoms with Crippen LogP contribution in [0.4, 0.5) is 4.79 Å². The van der Waals surface area contributed by atoms with Gasteiger partial charge in [-0.25, -0.2) is 4.79 Å². The summed E-state index contributed by atoms with van der Waals surface area (Å²) in [6.45, 7) is 5.55. The Labute approximate surface area is 184 Å². The number of nitrogens with zero attached hydrogens (tertiary/aromatic N) is 2. The predicted octanol–water partition coefficient (Wildman–Crippen LogP) is 5.63. The smallest absolute Gasteiger partial charge is 0.408 e. The van der Waals surface area contributed by atoms with Gasteiger partial charge < -0.3 is 14.8 Å². The van der Waals surface area contributed by atoms with Crippen LogP contribution in [-0.4, -0.2) is 28.0 Å². The van der Waals surface area contributed by atoms with E-state index in [9.17, 15) is 4.79 Å². The van der Waals surface area contributed by atoms with Crippen molar-refractivity contribution in [2.75, 3.05) is 0 Å². The Morgan fingerprint density at radius 2 is 1.93 bits per heavy atom. The van der Waals surface area contributed by atoms with Gasteiger partial charge >= 0.3 is 6.09 Å². The number of rotatable bonds is 4. The van der Waals surface area contributed by atoms with Gasteiger partial charge in [0.2, 0.25) is 5.88 Å². The molecular weight excluding hydrogens is 458 g/mol. The van der Waals surface area contributed by atoms with Crippen LogP contribution in [0.3, 0.4) is 0 Å². The first-order valence-electron chi connectivity index (χ1n) is 9.58. The molecule has 0 spiro atoms. The number of ether oxygens (including phenoxy) is 2. The lowest BCUT2D eigenvalue weighted by Crippen LogP contribution is -2.50. The predicted molar refractivity (Wildman–Crippen MR) is 115 cm³/mol. The SMILES string of the molecule is CC(C)(C)OC(=O)NC1(c2cccc(Cl)c2)CCC(Oc2ccc(Br)nn2)CC1. The van der Waals surface area contributed by atoms with Gasteiger partial charge in [-0.05, 0) is 86.1 Å². The molecule has 0 bridgehead atoms. The molecule has 0 aliphatic heterocycles. The van der Waals surface area contributed by atoms with Crippen molar-refractivity contribution in [2.24, 2.45) is 0 Å². The Morgan fingerprint density at radius 1 is 1.21 bits per heavy atom. The van der Waals surface area contributed by atoms with E-state index in [4.69, 9.17) is 21.1 Å². The minimum Gasteiger partial charge on any atom is -0.473 e. The lowest BCUT2D eigenvalue weighted by atomic mass is 9.75. The molecule has 1 saturated carbocycles. The third-order valence-electron chi connectivity index (χ3n) is 4.80. The van der Waals surface area contributed by atoms with Crippen molar-refractivity contribution in [3.8, 4) is 5.88 Å². The molecule has 1 aliphatic carbocycles. The first-order chi connectivity index (χ1) is 13.7. The van der Waals surface area contributed by atoms with Crippen molar-refractivity contribution in [3.05, 3.63) is 51.6 Å². The molecule has 6 nitrogen and oxygen atoms in total. The van der Waals surface area contributed by atoms with Crippen LogP contribution in [0.5, 0.6) is 5.88 Å². The summed E-state index contributed by atoms with van der Waals surface area (Å²) in [6, 6.07) is 11.2. The molecule has 3 rings (SSSR count). The molecule has 1 amide bonds. The molecule has 2 aromatic rings. The van der Waals surface area contributed by atoms with Gasteiger partial charge in [0.05, 0.1) is 5.54 Å². The molecule has 1 N–H and O–H groups in total. The summed E-state index contributed by atoms with van der Waals surface area (Å²) >= 11 is 9.50. The zero-order valence-corrected chi connectivity index (χ0v) is 19.1. The molecule has 29 heavy (non-hydrogen) atoms. The number of amides is 1. The number of aromatic nitrogens is 2. The second kappa shape index (κ2) is 8.88. The van der Waals surface area contributed by atoms with Crippen LogP contribution in [0, 0.1) is 0 Å². The summed E-state index contributed by atoms with van der Waals surface area (Å²) in [5.74, 6) is 0.494. The third kappa shape index (κ3) is 6.06. The van der Waals surface area contributed by atoms with Crippen molar-refractivity contribution < 1.29 is 14.3 Å². The lowest BCUT2D eigenvalue weighted by molar-refractivity contribution is 0.0353. The number of nitrogens with one attached hydrogen (secondary N) is 1. The molecule has 0 unspecified atom stereocenters. The number of halogens is 2. The number of hydrogen-bond acceptors (Lipinski definition) is 5. The average molecular weight is 483 g/mol. The maximum Gasteiger partial charge on any atom is 0.408 e. The van der Waals surface area contributed by atoms with Crippen molar-refractivity contribution in [1.82, 2.24) is 15.5 Å². The minimum atomic E-state index is -0.569. The van der Waals surface area contributed by atoms with E-state index in [0.717, 1.165) is 18.4 Å². The fourth-order valence-corrected chi connectivity index (χ4v) is 3.91. The summed E-state index contributed by atoms with van der Waals surface area (Å²) in [5, 5.41) is 11.7. The Kier molecular flexibility index (Phi) is 6.69. The molecule has 156 valence electrons. The van der Waals surface area contributed by atoms with E-state index >= 15 is 0 Å². The van der Waals surface area contributed by atoms with Gasteiger partial charge in [0.1, 0.15) is 16.3 Å². The van der Waals surface area contributed by atoms with Crippen LogP contribution < -0.4 is 10.1 Å². The van der Waals surface area contributed by atoms with E-state index < -0.39 is 17.2 Å². The highest BCUT2D eigenvalue weighted by Crippen LogP contribution is 2.39. The normalized spacial score (nSPS) is 22.0. The Bertz CT molecular complexity index is 847. The van der Waals surface area contributed by atoms with Crippen LogP contribution in [0.15, 0.2) is 41.0 Å². The van der Waals surface area contributed by atoms with Gasteiger partial charge in [-0.1, -0.05) is 23.7 Å². The molecule has 1 heterocycles. The summed E-state index contributed by atoms with van der Waals surface area (Å²) in [4.78, 5) is 12.6. The Morgan fingerprint density at radius 3 is 2.52 bits per heavy atom. The highest BCUT2D eigenvalue weighted by Gasteiger charge is 2.40. The number of carbonyl (C=O) groups is 1. The molecule has 1 aromatic carbocycles. The van der Waals surface area contributed by atoms with Gasteiger partial charge in [-0.3, -0.25) is 0 Å². The fourth-order valence-electron chi connectivity index (χ4n) is 3.51. The molecular formula is C21H25BrClN3O3. The number of hydrogen-bond donors (Lipinski definition) is 1. The summed E-state index contributed by atoms with van der Waals surface area (Å²) in [5.41, 5.74) is -0.156. The zero-order valence-electron chi connectivity index (χ0n) is 16.7. The van der Waals surface area contributed by atoms with Gasteiger partial charge in [0.15, 0.2) is 0 Å². The molecule has 8 heteroatoms. The number of benzene rings is 1. The van der Waals surface area contributed by atoms with E-state index in [-0.39, 0.29) is 6.10 Å². The first kappa shape index (κ1) is 21.8. The van der Waals surface area contributed by atoms with Crippen molar-refractivity contribution >= 4 is 33.6 Å². The van der Waals surface area contributed by atoms with E-state index in [0.29, 0.717) is 28.3 Å². The maximum absolute atomic E-state index is 12.6. The largest absolute Gasteiger partial charge is 0.473 e. The average Bonchev–Trinajstić information content (AvgIpc) is 2.64. The summed E-state index contributed by atoms with van der Waals surface area (Å²) in [7, 11) is 0. The van der Waals surface area contributed by atoms with Gasteiger partial charge in [0.25, 0.3) is 0 Å². The monoisotopic (exact) mass is 481 g/mol. The lowest BCUT2D eigenvalue weighted by Gasteiger charge is -2.41. The van der Waals surface area contributed by atoms with Crippen LogP contribution in [0.1, 0.15) is 52.0 Å². The minimum absolute atomic E-state index is 0.00165. The molecule has 1 aliphatic rings.